The van der Waals surface area contributed by atoms with E-state index in [-0.39, 0.29) is 0 Å². The average molecular weight is 535 g/mol. The van der Waals surface area contributed by atoms with Crippen LogP contribution in [-0.2, 0) is 16.3 Å². The minimum absolute atomic E-state index is 0.413. The number of alkyl halides is 1. The Labute approximate surface area is 196 Å². The molecular formula is C19H18BrCl2N3O4S. The number of hydrogen-bond acceptors (Lipinski definition) is 5. The summed E-state index contributed by atoms with van der Waals surface area (Å²) < 4.78 is 8.96. The van der Waals surface area contributed by atoms with Crippen LogP contribution in [0.3, 0.4) is 0 Å². The molecule has 0 aliphatic rings. The fourth-order valence-electron chi connectivity index (χ4n) is 2.42. The van der Waals surface area contributed by atoms with E-state index in [0.717, 1.165) is 14.9 Å². The van der Waals surface area contributed by atoms with E-state index in [1.807, 2.05) is 30.3 Å². The zero-order valence-corrected chi connectivity index (χ0v) is 19.7. The SMILES string of the molecule is Cc1cc(SCOC(Cl)(Cc2ccc(Cl)cc2)n2ccnc2)ccc1Br.O=[N+]([O-])O. The van der Waals surface area contributed by atoms with Gasteiger partial charge in [-0.2, -0.15) is 0 Å². The van der Waals surface area contributed by atoms with Gasteiger partial charge in [0.25, 0.3) is 5.09 Å². The third-order valence-corrected chi connectivity index (χ3v) is 6.26. The third-order valence-electron chi connectivity index (χ3n) is 3.86. The van der Waals surface area contributed by atoms with Crippen molar-refractivity contribution in [1.29, 1.82) is 0 Å². The summed E-state index contributed by atoms with van der Waals surface area (Å²) in [4.78, 5) is 13.6. The van der Waals surface area contributed by atoms with E-state index < -0.39 is 10.3 Å². The summed E-state index contributed by atoms with van der Waals surface area (Å²) in [5.74, 6) is 0.413. The quantitative estimate of drug-likeness (QED) is 0.129. The van der Waals surface area contributed by atoms with Crippen molar-refractivity contribution < 1.29 is 15.0 Å². The maximum absolute atomic E-state index is 8.36. The summed E-state index contributed by atoms with van der Waals surface area (Å²) in [6, 6.07) is 13.8. The van der Waals surface area contributed by atoms with Crippen LogP contribution in [0.15, 0.2) is 70.6 Å². The van der Waals surface area contributed by atoms with E-state index in [1.54, 1.807) is 35.0 Å². The van der Waals surface area contributed by atoms with Gasteiger partial charge in [0.2, 0.25) is 5.18 Å². The Hall–Kier alpha value is -1.78. The van der Waals surface area contributed by atoms with Crippen LogP contribution in [0.5, 0.6) is 0 Å². The molecule has 160 valence electrons. The van der Waals surface area contributed by atoms with E-state index in [4.69, 9.17) is 43.3 Å². The van der Waals surface area contributed by atoms with Gasteiger partial charge in [0.15, 0.2) is 0 Å². The molecule has 1 heterocycles. The Bertz CT molecular complexity index is 957. The van der Waals surface area contributed by atoms with Gasteiger partial charge in [-0.15, -0.1) is 10.1 Å². The maximum atomic E-state index is 8.36. The van der Waals surface area contributed by atoms with Crippen LogP contribution in [0.1, 0.15) is 11.1 Å². The molecule has 0 aliphatic carbocycles. The van der Waals surface area contributed by atoms with E-state index in [9.17, 15) is 0 Å². The van der Waals surface area contributed by atoms with Gasteiger partial charge in [-0.05, 0) is 48.4 Å². The lowest BCUT2D eigenvalue weighted by atomic mass is 10.1. The first kappa shape index (κ1) is 24.5. The highest BCUT2D eigenvalue weighted by Gasteiger charge is 2.30. The lowest BCUT2D eigenvalue weighted by molar-refractivity contribution is -0.742. The summed E-state index contributed by atoms with van der Waals surface area (Å²) in [6.45, 7) is 2.06. The predicted octanol–water partition coefficient (Wildman–Crippen LogP) is 6.12. The molecule has 7 nitrogen and oxygen atoms in total. The Kier molecular flexibility index (Phi) is 9.44. The highest BCUT2D eigenvalue weighted by Crippen LogP contribution is 2.32. The highest BCUT2D eigenvalue weighted by molar-refractivity contribution is 9.10. The van der Waals surface area contributed by atoms with Crippen LogP contribution in [0.2, 0.25) is 5.02 Å². The van der Waals surface area contributed by atoms with Gasteiger partial charge in [0, 0.05) is 33.2 Å². The van der Waals surface area contributed by atoms with Crippen molar-refractivity contribution in [3.8, 4) is 0 Å². The first-order valence-electron chi connectivity index (χ1n) is 8.47. The molecule has 1 unspecified atom stereocenters. The van der Waals surface area contributed by atoms with Crippen molar-refractivity contribution in [2.75, 3.05) is 5.94 Å². The van der Waals surface area contributed by atoms with Gasteiger partial charge in [0.1, 0.15) is 5.94 Å². The smallest absolute Gasteiger partial charge is 0.291 e. The second-order valence-electron chi connectivity index (χ2n) is 6.02. The van der Waals surface area contributed by atoms with Crippen LogP contribution < -0.4 is 0 Å². The molecular weight excluding hydrogens is 517 g/mol. The van der Waals surface area contributed by atoms with Crippen LogP contribution in [0, 0.1) is 17.0 Å². The Morgan fingerprint density at radius 1 is 1.33 bits per heavy atom. The van der Waals surface area contributed by atoms with Gasteiger partial charge < -0.3 is 9.94 Å². The van der Waals surface area contributed by atoms with Crippen molar-refractivity contribution in [2.45, 2.75) is 23.4 Å². The molecule has 3 rings (SSSR count). The number of rotatable bonds is 7. The van der Waals surface area contributed by atoms with Crippen LogP contribution in [-0.4, -0.2) is 25.8 Å². The van der Waals surface area contributed by atoms with Crippen LogP contribution in [0.25, 0.3) is 0 Å². The second-order valence-corrected chi connectivity index (χ2v) is 8.89. The van der Waals surface area contributed by atoms with Gasteiger partial charge in [-0.3, -0.25) is 4.57 Å². The number of halogens is 3. The first-order valence-corrected chi connectivity index (χ1v) is 11.0. The molecule has 0 spiro atoms. The van der Waals surface area contributed by atoms with Crippen molar-refractivity contribution in [2.24, 2.45) is 0 Å². The molecule has 0 radical (unpaired) electrons. The van der Waals surface area contributed by atoms with Crippen molar-refractivity contribution in [3.63, 3.8) is 0 Å². The number of nitrogens with zero attached hydrogens (tertiary/aromatic N) is 3. The number of thioether (sulfide) groups is 1. The van der Waals surface area contributed by atoms with Gasteiger partial charge in [-0.25, -0.2) is 4.98 Å². The number of imidazole rings is 1. The zero-order chi connectivity index (χ0) is 22.1. The van der Waals surface area contributed by atoms with Crippen molar-refractivity contribution >= 4 is 50.9 Å². The highest BCUT2D eigenvalue weighted by atomic mass is 79.9. The molecule has 0 saturated heterocycles. The van der Waals surface area contributed by atoms with Crippen LogP contribution >= 0.6 is 50.9 Å². The Morgan fingerprint density at radius 3 is 2.57 bits per heavy atom. The number of ether oxygens (including phenoxy) is 1. The summed E-state index contributed by atoms with van der Waals surface area (Å²) in [5, 5.41) is 13.3. The first-order chi connectivity index (χ1) is 14.2. The molecule has 0 aliphatic heterocycles. The standard InChI is InChI=1S/C19H17BrCl2N2OS.HNO3/c1-14-10-17(6-7-18(14)20)26-13-25-19(22,24-9-8-23-12-24)11-15-2-4-16(21)5-3-15;2-1(3)4/h2-10,12H,11,13H2,1H3;(H,2,3,4). The fourth-order valence-corrected chi connectivity index (χ4v) is 3.98. The summed E-state index contributed by atoms with van der Waals surface area (Å²) in [7, 11) is 0. The summed E-state index contributed by atoms with van der Waals surface area (Å²) >= 11 is 17.9. The van der Waals surface area contributed by atoms with Gasteiger partial charge >= 0.3 is 0 Å². The largest absolute Gasteiger partial charge is 0.330 e. The summed E-state index contributed by atoms with van der Waals surface area (Å²) in [5.41, 5.74) is 2.21. The fraction of sp³-hybridized carbons (Fsp3) is 0.211. The van der Waals surface area contributed by atoms with Gasteiger partial charge in [-0.1, -0.05) is 63.0 Å². The lowest BCUT2D eigenvalue weighted by Crippen LogP contribution is -2.32. The third kappa shape index (κ3) is 7.81. The molecule has 2 aromatic carbocycles. The second kappa shape index (κ2) is 11.6. The average Bonchev–Trinajstić information content (AvgIpc) is 3.22. The molecule has 1 aromatic heterocycles. The zero-order valence-electron chi connectivity index (χ0n) is 15.7. The molecule has 0 saturated carbocycles. The van der Waals surface area contributed by atoms with E-state index in [0.29, 0.717) is 17.4 Å². The Morgan fingerprint density at radius 2 is 2.00 bits per heavy atom. The normalized spacial score (nSPS) is 12.5. The minimum atomic E-state index is -1.50. The van der Waals surface area contributed by atoms with Crippen molar-refractivity contribution in [1.82, 2.24) is 9.55 Å². The number of benzene rings is 2. The molecule has 0 bridgehead atoms. The number of hydrogen-bond donors (Lipinski definition) is 1. The van der Waals surface area contributed by atoms with Gasteiger partial charge in [0.05, 0.1) is 6.33 Å². The predicted molar refractivity (Wildman–Crippen MR) is 121 cm³/mol. The minimum Gasteiger partial charge on any atom is -0.330 e. The molecule has 11 heteroatoms. The molecule has 1 atom stereocenters. The van der Waals surface area contributed by atoms with E-state index >= 15 is 0 Å². The van der Waals surface area contributed by atoms with E-state index in [1.165, 1.54) is 5.56 Å². The van der Waals surface area contributed by atoms with Crippen molar-refractivity contribution in [3.05, 3.63) is 91.9 Å². The molecule has 0 fully saturated rings. The number of aromatic nitrogens is 2. The maximum Gasteiger partial charge on any atom is 0.291 e. The number of aryl methyl sites for hydroxylation is 1. The molecule has 30 heavy (non-hydrogen) atoms. The molecule has 0 amide bonds. The Balaban J connectivity index is 0.000000735. The van der Waals surface area contributed by atoms with E-state index in [2.05, 4.69) is 40.0 Å². The molecule has 1 N–H and O–H groups in total. The lowest BCUT2D eigenvalue weighted by Gasteiger charge is -2.28. The molecule has 3 aromatic rings. The monoisotopic (exact) mass is 533 g/mol. The summed E-state index contributed by atoms with van der Waals surface area (Å²) in [6.07, 6.45) is 5.64. The van der Waals surface area contributed by atoms with Crippen LogP contribution in [0.4, 0.5) is 0 Å². The topological polar surface area (TPSA) is 90.4 Å².